The minimum atomic E-state index is -0.218. The van der Waals surface area contributed by atoms with Gasteiger partial charge in [0.25, 0.3) is 5.91 Å². The van der Waals surface area contributed by atoms with Crippen LogP contribution >= 0.6 is 11.6 Å². The number of nitrogens with one attached hydrogen (secondary N) is 1. The van der Waals surface area contributed by atoms with Crippen LogP contribution in [0.4, 0.5) is 5.69 Å². The fraction of sp³-hybridized carbons (Fsp3) is 0.0667. The van der Waals surface area contributed by atoms with E-state index in [0.717, 1.165) is 5.56 Å². The van der Waals surface area contributed by atoms with Crippen LogP contribution in [0.5, 0.6) is 0 Å². The molecule has 1 N–H and O–H groups in total. The minimum Gasteiger partial charge on any atom is -0.321 e. The third-order valence-corrected chi connectivity index (χ3v) is 3.05. The summed E-state index contributed by atoms with van der Waals surface area (Å²) in [5, 5.41) is 11.8. The maximum atomic E-state index is 12.1. The lowest BCUT2D eigenvalue weighted by Gasteiger charge is -2.09. The molecule has 2 aromatic carbocycles. The first-order valence-corrected chi connectivity index (χ1v) is 6.06. The van der Waals surface area contributed by atoms with Crippen LogP contribution in [0.15, 0.2) is 42.5 Å². The maximum absolute atomic E-state index is 12.1. The Morgan fingerprint density at radius 1 is 1.26 bits per heavy atom. The molecule has 2 aromatic rings. The molecule has 1 amide bonds. The largest absolute Gasteiger partial charge is 0.321 e. The number of benzene rings is 2. The highest BCUT2D eigenvalue weighted by molar-refractivity contribution is 6.34. The molecule has 0 unspecified atom stereocenters. The third kappa shape index (κ3) is 2.93. The number of carbonyl (C=O) groups excluding carboxylic acids is 1. The van der Waals surface area contributed by atoms with Gasteiger partial charge in [0.05, 0.1) is 22.3 Å². The van der Waals surface area contributed by atoms with E-state index in [2.05, 4.69) is 5.32 Å². The zero-order valence-electron chi connectivity index (χ0n) is 10.3. The molecule has 2 rings (SSSR count). The van der Waals surface area contributed by atoms with E-state index in [-0.39, 0.29) is 5.91 Å². The molecular formula is C15H11ClN2O. The summed E-state index contributed by atoms with van der Waals surface area (Å²) in [6, 6.07) is 14.1. The maximum Gasteiger partial charge on any atom is 0.255 e. The van der Waals surface area contributed by atoms with E-state index in [1.807, 2.05) is 31.2 Å². The number of nitrogens with zero attached hydrogens (tertiary/aromatic N) is 1. The van der Waals surface area contributed by atoms with Gasteiger partial charge in [-0.05, 0) is 36.8 Å². The highest BCUT2D eigenvalue weighted by Gasteiger charge is 2.10. The fourth-order valence-corrected chi connectivity index (χ4v) is 1.93. The van der Waals surface area contributed by atoms with Crippen LogP contribution in [-0.4, -0.2) is 5.91 Å². The molecule has 0 aromatic heterocycles. The van der Waals surface area contributed by atoms with Crippen molar-refractivity contribution < 1.29 is 4.79 Å². The molecule has 0 bridgehead atoms. The molecule has 0 heterocycles. The molecule has 0 atom stereocenters. The van der Waals surface area contributed by atoms with Gasteiger partial charge in [0, 0.05) is 5.56 Å². The molecule has 0 spiro atoms. The van der Waals surface area contributed by atoms with Gasteiger partial charge in [-0.3, -0.25) is 4.79 Å². The summed E-state index contributed by atoms with van der Waals surface area (Å²) in [4.78, 5) is 12.1. The van der Waals surface area contributed by atoms with Crippen molar-refractivity contribution in [3.05, 3.63) is 64.2 Å². The van der Waals surface area contributed by atoms with Crippen LogP contribution in [0.1, 0.15) is 21.5 Å². The van der Waals surface area contributed by atoms with Crippen LogP contribution in [0.2, 0.25) is 5.02 Å². The van der Waals surface area contributed by atoms with Gasteiger partial charge in [0.1, 0.15) is 0 Å². The Kier molecular flexibility index (Phi) is 3.84. The zero-order chi connectivity index (χ0) is 13.8. The molecule has 0 aliphatic carbocycles. The summed E-state index contributed by atoms with van der Waals surface area (Å²) in [6.07, 6.45) is 0. The second-order valence-corrected chi connectivity index (χ2v) is 4.48. The smallest absolute Gasteiger partial charge is 0.255 e. The van der Waals surface area contributed by atoms with Gasteiger partial charge in [-0.15, -0.1) is 0 Å². The van der Waals surface area contributed by atoms with Gasteiger partial charge in [-0.2, -0.15) is 5.26 Å². The van der Waals surface area contributed by atoms with Crippen molar-refractivity contribution in [1.29, 1.82) is 5.26 Å². The second-order valence-electron chi connectivity index (χ2n) is 4.08. The predicted octanol–water partition coefficient (Wildman–Crippen LogP) is 3.77. The van der Waals surface area contributed by atoms with Crippen molar-refractivity contribution in [3.8, 4) is 6.07 Å². The number of hydrogen-bond acceptors (Lipinski definition) is 2. The molecule has 94 valence electrons. The van der Waals surface area contributed by atoms with E-state index >= 15 is 0 Å². The van der Waals surface area contributed by atoms with Crippen LogP contribution < -0.4 is 5.32 Å². The summed E-state index contributed by atoms with van der Waals surface area (Å²) in [5.41, 5.74) is 2.44. The molecule has 19 heavy (non-hydrogen) atoms. The molecule has 4 heteroatoms. The van der Waals surface area contributed by atoms with E-state index in [1.54, 1.807) is 18.2 Å². The standard InChI is InChI=1S/C15H11ClN2O/c1-10-4-2-3-5-12(10)15(19)18-14-7-6-11(9-17)8-13(14)16/h2-8H,1H3,(H,18,19). The van der Waals surface area contributed by atoms with Crippen molar-refractivity contribution in [2.75, 3.05) is 5.32 Å². The number of nitriles is 1. The third-order valence-electron chi connectivity index (χ3n) is 2.74. The van der Waals surface area contributed by atoms with Crippen molar-refractivity contribution in [2.45, 2.75) is 6.92 Å². The van der Waals surface area contributed by atoms with Crippen LogP contribution in [0.3, 0.4) is 0 Å². The highest BCUT2D eigenvalue weighted by atomic mass is 35.5. The van der Waals surface area contributed by atoms with Gasteiger partial charge < -0.3 is 5.32 Å². The predicted molar refractivity (Wildman–Crippen MR) is 75.3 cm³/mol. The lowest BCUT2D eigenvalue weighted by Crippen LogP contribution is -2.13. The summed E-state index contributed by atoms with van der Waals surface area (Å²) in [7, 11) is 0. The SMILES string of the molecule is Cc1ccccc1C(=O)Nc1ccc(C#N)cc1Cl. The Morgan fingerprint density at radius 3 is 2.63 bits per heavy atom. The van der Waals surface area contributed by atoms with Gasteiger partial charge in [-0.25, -0.2) is 0 Å². The summed E-state index contributed by atoms with van der Waals surface area (Å²) in [6.45, 7) is 1.87. The van der Waals surface area contributed by atoms with Crippen molar-refractivity contribution >= 4 is 23.2 Å². The molecule has 0 aliphatic heterocycles. The number of aryl methyl sites for hydroxylation is 1. The summed E-state index contributed by atoms with van der Waals surface area (Å²) >= 11 is 6.01. The average Bonchev–Trinajstić information content (AvgIpc) is 2.41. The Hall–Kier alpha value is -2.31. The fourth-order valence-electron chi connectivity index (χ4n) is 1.70. The number of carbonyl (C=O) groups is 1. The summed E-state index contributed by atoms with van der Waals surface area (Å²) < 4.78 is 0. The first kappa shape index (κ1) is 13.1. The summed E-state index contributed by atoms with van der Waals surface area (Å²) in [5.74, 6) is -0.218. The van der Waals surface area contributed by atoms with Crippen LogP contribution in [-0.2, 0) is 0 Å². The molecule has 0 aliphatic rings. The number of anilines is 1. The second kappa shape index (κ2) is 5.55. The first-order valence-electron chi connectivity index (χ1n) is 5.68. The van der Waals surface area contributed by atoms with Crippen LogP contribution in [0, 0.1) is 18.3 Å². The lowest BCUT2D eigenvalue weighted by molar-refractivity contribution is 0.102. The number of hydrogen-bond donors (Lipinski definition) is 1. The Morgan fingerprint density at radius 2 is 2.00 bits per heavy atom. The topological polar surface area (TPSA) is 52.9 Å². The normalized spacial score (nSPS) is 9.74. The van der Waals surface area contributed by atoms with E-state index in [4.69, 9.17) is 16.9 Å². The zero-order valence-corrected chi connectivity index (χ0v) is 11.0. The van der Waals surface area contributed by atoms with E-state index in [1.165, 1.54) is 6.07 Å². The molecule has 0 radical (unpaired) electrons. The van der Waals surface area contributed by atoms with E-state index in [0.29, 0.717) is 21.8 Å². The Balaban J connectivity index is 2.25. The molecule has 0 saturated heterocycles. The Labute approximate surface area is 116 Å². The molecule has 3 nitrogen and oxygen atoms in total. The number of amides is 1. The van der Waals surface area contributed by atoms with Gasteiger partial charge in [-0.1, -0.05) is 29.8 Å². The molecular weight excluding hydrogens is 260 g/mol. The van der Waals surface area contributed by atoms with Gasteiger partial charge >= 0.3 is 0 Å². The average molecular weight is 271 g/mol. The number of halogens is 1. The van der Waals surface area contributed by atoms with Gasteiger partial charge in [0.15, 0.2) is 0 Å². The first-order chi connectivity index (χ1) is 9.11. The quantitative estimate of drug-likeness (QED) is 0.903. The van der Waals surface area contributed by atoms with Crippen molar-refractivity contribution in [2.24, 2.45) is 0 Å². The lowest BCUT2D eigenvalue weighted by atomic mass is 10.1. The monoisotopic (exact) mass is 270 g/mol. The molecule has 0 fully saturated rings. The van der Waals surface area contributed by atoms with Crippen molar-refractivity contribution in [3.63, 3.8) is 0 Å². The van der Waals surface area contributed by atoms with Crippen LogP contribution in [0.25, 0.3) is 0 Å². The van der Waals surface area contributed by atoms with E-state index in [9.17, 15) is 4.79 Å². The minimum absolute atomic E-state index is 0.218. The molecule has 0 saturated carbocycles. The number of rotatable bonds is 2. The van der Waals surface area contributed by atoms with Gasteiger partial charge in [0.2, 0.25) is 0 Å². The highest BCUT2D eigenvalue weighted by Crippen LogP contribution is 2.23. The van der Waals surface area contributed by atoms with Crippen molar-refractivity contribution in [1.82, 2.24) is 0 Å². The Bertz CT molecular complexity index is 674. The van der Waals surface area contributed by atoms with E-state index < -0.39 is 0 Å².